The SMILES string of the molecule is N#Cc1ccc(F)c(COC2CCOC2)c1. The molecule has 1 heterocycles. The van der Waals surface area contributed by atoms with Crippen LogP contribution in [0.25, 0.3) is 0 Å². The zero-order valence-electron chi connectivity index (χ0n) is 8.78. The molecule has 1 aromatic rings. The van der Waals surface area contributed by atoms with E-state index >= 15 is 0 Å². The summed E-state index contributed by atoms with van der Waals surface area (Å²) in [4.78, 5) is 0. The van der Waals surface area contributed by atoms with Gasteiger partial charge < -0.3 is 9.47 Å². The van der Waals surface area contributed by atoms with Crippen LogP contribution in [0, 0.1) is 17.1 Å². The molecule has 0 radical (unpaired) electrons. The summed E-state index contributed by atoms with van der Waals surface area (Å²) in [7, 11) is 0. The highest BCUT2D eigenvalue weighted by atomic mass is 19.1. The van der Waals surface area contributed by atoms with Crippen molar-refractivity contribution < 1.29 is 13.9 Å². The van der Waals surface area contributed by atoms with Crippen LogP contribution in [0.5, 0.6) is 0 Å². The van der Waals surface area contributed by atoms with E-state index < -0.39 is 0 Å². The molecule has 0 amide bonds. The first-order valence-corrected chi connectivity index (χ1v) is 5.17. The molecule has 1 saturated heterocycles. The van der Waals surface area contributed by atoms with Crippen molar-refractivity contribution in [3.05, 3.63) is 35.1 Å². The lowest BCUT2D eigenvalue weighted by atomic mass is 10.1. The number of nitrogens with zero attached hydrogens (tertiary/aromatic N) is 1. The van der Waals surface area contributed by atoms with E-state index in [1.165, 1.54) is 18.2 Å². The summed E-state index contributed by atoms with van der Waals surface area (Å²) in [5.74, 6) is -0.335. The first-order valence-electron chi connectivity index (χ1n) is 5.17. The van der Waals surface area contributed by atoms with Crippen molar-refractivity contribution in [3.63, 3.8) is 0 Å². The molecule has 3 nitrogen and oxygen atoms in total. The summed E-state index contributed by atoms with van der Waals surface area (Å²) >= 11 is 0. The third kappa shape index (κ3) is 2.57. The molecule has 4 heteroatoms. The number of rotatable bonds is 3. The van der Waals surface area contributed by atoms with Gasteiger partial charge in [-0.05, 0) is 24.6 Å². The Balaban J connectivity index is 2.00. The zero-order valence-corrected chi connectivity index (χ0v) is 8.78. The lowest BCUT2D eigenvalue weighted by Crippen LogP contribution is -2.12. The van der Waals surface area contributed by atoms with Crippen LogP contribution in [0.2, 0.25) is 0 Å². The minimum absolute atomic E-state index is 0.0464. The standard InChI is InChI=1S/C12H12FNO2/c13-12-2-1-9(6-14)5-10(12)7-16-11-3-4-15-8-11/h1-2,5,11H,3-4,7-8H2. The van der Waals surface area contributed by atoms with Gasteiger partial charge in [-0.1, -0.05) is 0 Å². The van der Waals surface area contributed by atoms with E-state index in [2.05, 4.69) is 0 Å². The largest absolute Gasteiger partial charge is 0.379 e. The van der Waals surface area contributed by atoms with E-state index in [0.29, 0.717) is 24.3 Å². The number of hydrogen-bond acceptors (Lipinski definition) is 3. The lowest BCUT2D eigenvalue weighted by Gasteiger charge is -2.10. The highest BCUT2D eigenvalue weighted by Crippen LogP contribution is 2.15. The van der Waals surface area contributed by atoms with Crippen molar-refractivity contribution >= 4 is 0 Å². The van der Waals surface area contributed by atoms with Gasteiger partial charge in [0.1, 0.15) is 5.82 Å². The quantitative estimate of drug-likeness (QED) is 0.784. The minimum atomic E-state index is -0.335. The first kappa shape index (κ1) is 11.1. The van der Waals surface area contributed by atoms with Gasteiger partial charge in [-0.2, -0.15) is 5.26 Å². The molecule has 0 aromatic heterocycles. The van der Waals surface area contributed by atoms with Gasteiger partial charge in [0.2, 0.25) is 0 Å². The van der Waals surface area contributed by atoms with Crippen molar-refractivity contribution in [2.75, 3.05) is 13.2 Å². The van der Waals surface area contributed by atoms with Crippen molar-refractivity contribution in [2.45, 2.75) is 19.1 Å². The Hall–Kier alpha value is -1.44. The average Bonchev–Trinajstić information content (AvgIpc) is 2.81. The van der Waals surface area contributed by atoms with Crippen LogP contribution < -0.4 is 0 Å². The van der Waals surface area contributed by atoms with E-state index in [-0.39, 0.29) is 18.5 Å². The van der Waals surface area contributed by atoms with Gasteiger partial charge in [0.25, 0.3) is 0 Å². The second kappa shape index (κ2) is 5.06. The average molecular weight is 221 g/mol. The molecule has 0 N–H and O–H groups in total. The summed E-state index contributed by atoms with van der Waals surface area (Å²) in [5.41, 5.74) is 0.869. The van der Waals surface area contributed by atoms with E-state index in [4.69, 9.17) is 14.7 Å². The molecule has 2 rings (SSSR count). The molecule has 1 aromatic carbocycles. The summed E-state index contributed by atoms with van der Waals surface area (Å²) in [6.45, 7) is 1.46. The fraction of sp³-hybridized carbons (Fsp3) is 0.417. The number of nitriles is 1. The van der Waals surface area contributed by atoms with E-state index in [1.54, 1.807) is 0 Å². The molecule has 1 atom stereocenters. The van der Waals surface area contributed by atoms with Gasteiger partial charge in [-0.25, -0.2) is 4.39 Å². The number of hydrogen-bond donors (Lipinski definition) is 0. The van der Waals surface area contributed by atoms with Crippen LogP contribution >= 0.6 is 0 Å². The molecule has 0 aliphatic carbocycles. The normalized spacial score (nSPS) is 19.6. The van der Waals surface area contributed by atoms with Gasteiger partial charge in [0.05, 0.1) is 31.0 Å². The van der Waals surface area contributed by atoms with Crippen LogP contribution in [-0.4, -0.2) is 19.3 Å². The van der Waals surface area contributed by atoms with E-state index in [0.717, 1.165) is 6.42 Å². The molecule has 0 spiro atoms. The van der Waals surface area contributed by atoms with Crippen molar-refractivity contribution in [1.29, 1.82) is 5.26 Å². The lowest BCUT2D eigenvalue weighted by molar-refractivity contribution is 0.0304. The Kier molecular flexibility index (Phi) is 3.50. The topological polar surface area (TPSA) is 42.2 Å². The molecule has 16 heavy (non-hydrogen) atoms. The summed E-state index contributed by atoms with van der Waals surface area (Å²) in [6.07, 6.45) is 0.893. The van der Waals surface area contributed by atoms with Crippen molar-refractivity contribution in [1.82, 2.24) is 0 Å². The zero-order chi connectivity index (χ0) is 11.4. The maximum absolute atomic E-state index is 13.4. The maximum atomic E-state index is 13.4. The molecule has 1 fully saturated rings. The summed E-state index contributed by atoms with van der Waals surface area (Å²) < 4.78 is 24.0. The highest BCUT2D eigenvalue weighted by molar-refractivity contribution is 5.33. The molecule has 1 unspecified atom stereocenters. The molecular formula is C12H12FNO2. The summed E-state index contributed by atoms with van der Waals surface area (Å²) in [5, 5.41) is 8.70. The van der Waals surface area contributed by atoms with Gasteiger partial charge in [0, 0.05) is 12.2 Å². The monoisotopic (exact) mass is 221 g/mol. The Morgan fingerprint density at radius 1 is 1.56 bits per heavy atom. The predicted molar refractivity (Wildman–Crippen MR) is 55.1 cm³/mol. The second-order valence-corrected chi connectivity index (χ2v) is 3.71. The molecule has 1 aliphatic heterocycles. The number of ether oxygens (including phenoxy) is 2. The second-order valence-electron chi connectivity index (χ2n) is 3.71. The van der Waals surface area contributed by atoms with Crippen molar-refractivity contribution in [3.8, 4) is 6.07 Å². The van der Waals surface area contributed by atoms with Gasteiger partial charge >= 0.3 is 0 Å². The highest BCUT2D eigenvalue weighted by Gasteiger charge is 2.16. The fourth-order valence-electron chi connectivity index (χ4n) is 1.61. The van der Waals surface area contributed by atoms with Crippen LogP contribution in [0.1, 0.15) is 17.5 Å². The molecule has 0 saturated carbocycles. The van der Waals surface area contributed by atoms with Crippen LogP contribution in [0.4, 0.5) is 4.39 Å². The number of benzene rings is 1. The Bertz CT molecular complexity index is 408. The minimum Gasteiger partial charge on any atom is -0.379 e. The Morgan fingerprint density at radius 3 is 3.12 bits per heavy atom. The van der Waals surface area contributed by atoms with Gasteiger partial charge in [-0.3, -0.25) is 0 Å². The molecule has 0 bridgehead atoms. The maximum Gasteiger partial charge on any atom is 0.128 e. The van der Waals surface area contributed by atoms with E-state index in [9.17, 15) is 4.39 Å². The van der Waals surface area contributed by atoms with Crippen molar-refractivity contribution in [2.24, 2.45) is 0 Å². The van der Waals surface area contributed by atoms with E-state index in [1.807, 2.05) is 6.07 Å². The van der Waals surface area contributed by atoms with Crippen LogP contribution in [0.15, 0.2) is 18.2 Å². The third-order valence-corrected chi connectivity index (χ3v) is 2.54. The smallest absolute Gasteiger partial charge is 0.128 e. The molecule has 84 valence electrons. The third-order valence-electron chi connectivity index (χ3n) is 2.54. The molecule has 1 aliphatic rings. The Labute approximate surface area is 93.4 Å². The number of halogens is 1. The summed E-state index contributed by atoms with van der Waals surface area (Å²) in [6, 6.07) is 6.24. The predicted octanol–water partition coefficient (Wildman–Crippen LogP) is 2.00. The van der Waals surface area contributed by atoms with Gasteiger partial charge in [0.15, 0.2) is 0 Å². The van der Waals surface area contributed by atoms with Gasteiger partial charge in [-0.15, -0.1) is 0 Å². The first-order chi connectivity index (χ1) is 7.79. The Morgan fingerprint density at radius 2 is 2.44 bits per heavy atom. The van der Waals surface area contributed by atoms with Crippen LogP contribution in [0.3, 0.4) is 0 Å². The molecular weight excluding hydrogens is 209 g/mol. The fourth-order valence-corrected chi connectivity index (χ4v) is 1.61. The van der Waals surface area contributed by atoms with Crippen LogP contribution in [-0.2, 0) is 16.1 Å².